The second-order valence-electron chi connectivity index (χ2n) is 12.8. The van der Waals surface area contributed by atoms with Crippen LogP contribution >= 0.6 is 7.14 Å². The molecule has 3 heterocycles. The minimum Gasteiger partial charge on any atom is -0.309 e. The van der Waals surface area contributed by atoms with Gasteiger partial charge in [-0.15, -0.1) is 0 Å². The van der Waals surface area contributed by atoms with Gasteiger partial charge in [0, 0.05) is 32.4 Å². The molecule has 7 aromatic carbocycles. The molecule has 1 spiro atoms. The molecule has 6 heteroatoms. The molecule has 0 radical (unpaired) electrons. The SMILES string of the molecule is O=P1(c2ccccc2)c2ccccc2C2(c3ccccc31)c1ccccc1S(=O)(=O)c1c2ccc2c1c1ccccc1n2-c1ccccc1. The van der Waals surface area contributed by atoms with Crippen LogP contribution in [0.2, 0.25) is 0 Å². The van der Waals surface area contributed by atoms with E-state index in [2.05, 4.69) is 28.8 Å². The number of benzene rings is 7. The van der Waals surface area contributed by atoms with Crippen LogP contribution in [0, 0.1) is 0 Å². The van der Waals surface area contributed by atoms with Crippen LogP contribution in [0.25, 0.3) is 27.5 Å². The molecule has 2 aliphatic rings. The maximum atomic E-state index is 15.9. The van der Waals surface area contributed by atoms with Crippen LogP contribution in [-0.4, -0.2) is 13.0 Å². The molecular formula is C43H28NO3PS. The number of fused-ring (bicyclic) bond motifs is 12. The highest BCUT2D eigenvalue weighted by molar-refractivity contribution is 7.92. The number of aromatic nitrogens is 1. The van der Waals surface area contributed by atoms with Gasteiger partial charge in [-0.05, 0) is 52.6 Å². The first kappa shape index (κ1) is 28.5. The highest BCUT2D eigenvalue weighted by Gasteiger charge is 2.56. The van der Waals surface area contributed by atoms with E-state index in [4.69, 9.17) is 0 Å². The van der Waals surface area contributed by atoms with Gasteiger partial charge in [0.15, 0.2) is 7.14 Å². The predicted molar refractivity (Wildman–Crippen MR) is 197 cm³/mol. The second kappa shape index (κ2) is 10.0. The first-order chi connectivity index (χ1) is 24.0. The van der Waals surface area contributed by atoms with Gasteiger partial charge in [0.25, 0.3) is 0 Å². The lowest BCUT2D eigenvalue weighted by Gasteiger charge is -2.47. The van der Waals surface area contributed by atoms with Crippen LogP contribution in [0.3, 0.4) is 0 Å². The van der Waals surface area contributed by atoms with E-state index in [0.717, 1.165) is 49.1 Å². The Kier molecular flexibility index (Phi) is 5.83. The minimum absolute atomic E-state index is 0.271. The van der Waals surface area contributed by atoms with Gasteiger partial charge in [-0.1, -0.05) is 140 Å². The molecule has 49 heavy (non-hydrogen) atoms. The topological polar surface area (TPSA) is 56.1 Å². The van der Waals surface area contributed by atoms with Crippen molar-refractivity contribution >= 4 is 54.7 Å². The Morgan fingerprint density at radius 3 is 1.73 bits per heavy atom. The molecule has 0 atom stereocenters. The fraction of sp³-hybridized carbons (Fsp3) is 0.0233. The maximum absolute atomic E-state index is 15.9. The average Bonchev–Trinajstić information content (AvgIpc) is 3.50. The summed E-state index contributed by atoms with van der Waals surface area (Å²) in [7, 11) is -7.40. The lowest BCUT2D eigenvalue weighted by Crippen LogP contribution is -2.49. The van der Waals surface area contributed by atoms with Crippen molar-refractivity contribution in [3.63, 3.8) is 0 Å². The number of rotatable bonds is 2. The molecule has 0 N–H and O–H groups in total. The van der Waals surface area contributed by atoms with E-state index in [9.17, 15) is 0 Å². The summed E-state index contributed by atoms with van der Waals surface area (Å²) in [6.07, 6.45) is 0. The quantitative estimate of drug-likeness (QED) is 0.174. The third-order valence-corrected chi connectivity index (χ3v) is 15.5. The van der Waals surface area contributed by atoms with Gasteiger partial charge in [-0.3, -0.25) is 0 Å². The molecule has 234 valence electrons. The van der Waals surface area contributed by atoms with Crippen molar-refractivity contribution < 1.29 is 13.0 Å². The highest BCUT2D eigenvalue weighted by Crippen LogP contribution is 2.61. The summed E-state index contributed by atoms with van der Waals surface area (Å²) in [6.45, 7) is 0. The molecule has 0 unspecified atom stereocenters. The van der Waals surface area contributed by atoms with E-state index in [1.54, 1.807) is 12.1 Å². The Balaban J connectivity index is 1.44. The molecule has 10 rings (SSSR count). The molecule has 0 aliphatic carbocycles. The summed E-state index contributed by atoms with van der Waals surface area (Å²) in [5.74, 6) is 0. The standard InChI is InChI=1S/C43H28NO3PS/c45-48(30-17-5-2-6-18-30)38-24-12-8-20-32(38)43(33-21-9-13-25-39(33)48)34-22-10-14-26-40(34)49(46,47)42-35(43)27-28-37-41(42)31-19-7-11-23-36(31)44(37)29-15-3-1-4-16-29/h1-28H. The van der Waals surface area contributed by atoms with Gasteiger partial charge in [0.1, 0.15) is 0 Å². The fourth-order valence-electron chi connectivity index (χ4n) is 8.63. The van der Waals surface area contributed by atoms with Crippen molar-refractivity contribution in [1.29, 1.82) is 0 Å². The third-order valence-electron chi connectivity index (χ3n) is 10.5. The van der Waals surface area contributed by atoms with Crippen LogP contribution in [0.1, 0.15) is 22.3 Å². The Morgan fingerprint density at radius 2 is 1.04 bits per heavy atom. The van der Waals surface area contributed by atoms with E-state index >= 15 is 13.0 Å². The van der Waals surface area contributed by atoms with Crippen molar-refractivity contribution in [2.45, 2.75) is 15.2 Å². The Labute approximate surface area is 284 Å². The third kappa shape index (κ3) is 3.49. The molecule has 4 nitrogen and oxygen atoms in total. The number of nitrogens with zero attached hydrogens (tertiary/aromatic N) is 1. The van der Waals surface area contributed by atoms with Crippen LogP contribution in [0.15, 0.2) is 180 Å². The van der Waals surface area contributed by atoms with Gasteiger partial charge in [-0.25, -0.2) is 8.42 Å². The van der Waals surface area contributed by atoms with Gasteiger partial charge in [0.2, 0.25) is 9.84 Å². The van der Waals surface area contributed by atoms with Crippen molar-refractivity contribution in [3.05, 3.63) is 192 Å². The number of para-hydroxylation sites is 2. The van der Waals surface area contributed by atoms with Gasteiger partial charge >= 0.3 is 0 Å². The number of hydrogen-bond acceptors (Lipinski definition) is 3. The Hall–Kier alpha value is -5.48. The van der Waals surface area contributed by atoms with Gasteiger partial charge in [0.05, 0.1) is 26.2 Å². The summed E-state index contributed by atoms with van der Waals surface area (Å²) in [6, 6.07) is 55.2. The molecule has 2 aliphatic heterocycles. The van der Waals surface area contributed by atoms with Crippen LogP contribution in [-0.2, 0) is 19.8 Å². The van der Waals surface area contributed by atoms with E-state index in [1.807, 2.05) is 133 Å². The maximum Gasteiger partial charge on any atom is 0.207 e. The number of sulfone groups is 1. The largest absolute Gasteiger partial charge is 0.309 e. The van der Waals surface area contributed by atoms with Crippen molar-refractivity contribution in [1.82, 2.24) is 4.57 Å². The summed E-state index contributed by atoms with van der Waals surface area (Å²) >= 11 is 0. The minimum atomic E-state index is -4.03. The predicted octanol–water partition coefficient (Wildman–Crippen LogP) is 8.27. The molecule has 1 aromatic heterocycles. The average molecular weight is 670 g/mol. The second-order valence-corrected chi connectivity index (χ2v) is 17.3. The van der Waals surface area contributed by atoms with Crippen molar-refractivity contribution in [2.75, 3.05) is 0 Å². The zero-order chi connectivity index (χ0) is 33.0. The zero-order valence-electron chi connectivity index (χ0n) is 26.2. The van der Waals surface area contributed by atoms with Crippen LogP contribution < -0.4 is 15.9 Å². The summed E-state index contributed by atoms with van der Waals surface area (Å²) < 4.78 is 48.5. The highest BCUT2D eigenvalue weighted by atomic mass is 32.2. The molecule has 0 bridgehead atoms. The summed E-state index contributed by atoms with van der Waals surface area (Å²) in [5, 5.41) is 3.77. The molecule has 0 amide bonds. The molecule has 8 aromatic rings. The Morgan fingerprint density at radius 1 is 0.490 bits per heavy atom. The summed E-state index contributed by atoms with van der Waals surface area (Å²) in [4.78, 5) is 0.572. The van der Waals surface area contributed by atoms with Gasteiger partial charge < -0.3 is 9.13 Å². The van der Waals surface area contributed by atoms with E-state index in [-0.39, 0.29) is 4.90 Å². The molecule has 0 fully saturated rings. The van der Waals surface area contributed by atoms with Crippen LogP contribution in [0.5, 0.6) is 0 Å². The first-order valence-corrected chi connectivity index (χ1v) is 19.5. The van der Waals surface area contributed by atoms with Gasteiger partial charge in [-0.2, -0.15) is 0 Å². The fourth-order valence-corrected chi connectivity index (χ4v) is 13.8. The molecular weight excluding hydrogens is 642 g/mol. The van der Waals surface area contributed by atoms with E-state index in [0.29, 0.717) is 21.4 Å². The Bertz CT molecular complexity index is 2770. The lowest BCUT2D eigenvalue weighted by atomic mass is 9.64. The molecule has 0 saturated carbocycles. The van der Waals surface area contributed by atoms with E-state index < -0.39 is 22.4 Å². The smallest absolute Gasteiger partial charge is 0.207 e. The lowest BCUT2D eigenvalue weighted by molar-refractivity contribution is 0.579. The van der Waals surface area contributed by atoms with E-state index in [1.165, 1.54) is 0 Å². The number of hydrogen-bond donors (Lipinski definition) is 0. The van der Waals surface area contributed by atoms with Crippen molar-refractivity contribution in [3.8, 4) is 5.69 Å². The first-order valence-electron chi connectivity index (χ1n) is 16.3. The van der Waals surface area contributed by atoms with Crippen LogP contribution in [0.4, 0.5) is 0 Å². The molecule has 0 saturated heterocycles. The van der Waals surface area contributed by atoms with Crippen molar-refractivity contribution in [2.24, 2.45) is 0 Å². The summed E-state index contributed by atoms with van der Waals surface area (Å²) in [5.41, 5.74) is 4.68. The zero-order valence-corrected chi connectivity index (χ0v) is 27.9. The normalized spacial score (nSPS) is 20.0. The monoisotopic (exact) mass is 669 g/mol.